The van der Waals surface area contributed by atoms with Crippen molar-refractivity contribution in [2.75, 3.05) is 13.7 Å². The highest BCUT2D eigenvalue weighted by Gasteiger charge is 2.44. The van der Waals surface area contributed by atoms with Crippen LogP contribution >= 0.6 is 15.9 Å². The maximum atomic E-state index is 13.4. The summed E-state index contributed by atoms with van der Waals surface area (Å²) in [6, 6.07) is 5.61. The van der Waals surface area contributed by atoms with E-state index in [2.05, 4.69) is 21.2 Å². The van der Waals surface area contributed by atoms with Gasteiger partial charge in [-0.1, -0.05) is 6.07 Å². The molecule has 0 radical (unpaired) electrons. The van der Waals surface area contributed by atoms with E-state index in [0.717, 1.165) is 25.0 Å². The van der Waals surface area contributed by atoms with Crippen molar-refractivity contribution < 1.29 is 9.13 Å². The van der Waals surface area contributed by atoms with Gasteiger partial charge in [0.1, 0.15) is 5.82 Å². The van der Waals surface area contributed by atoms with Gasteiger partial charge in [-0.2, -0.15) is 0 Å². The fourth-order valence-corrected chi connectivity index (χ4v) is 4.05. The van der Waals surface area contributed by atoms with Gasteiger partial charge >= 0.3 is 0 Å². The van der Waals surface area contributed by atoms with Crippen LogP contribution in [-0.2, 0) is 4.74 Å². The molecule has 0 aromatic heterocycles. The third-order valence-corrected chi connectivity index (χ3v) is 5.49. The zero-order valence-electron chi connectivity index (χ0n) is 11.8. The zero-order chi connectivity index (χ0) is 14.2. The molecule has 3 rings (SSSR count). The Morgan fingerprint density at radius 1 is 1.45 bits per heavy atom. The molecule has 1 aliphatic carbocycles. The summed E-state index contributed by atoms with van der Waals surface area (Å²) in [7, 11) is 1.99. The van der Waals surface area contributed by atoms with Gasteiger partial charge in [0.05, 0.1) is 10.1 Å². The predicted octanol–water partition coefficient (Wildman–Crippen LogP) is 4.20. The molecule has 1 heterocycles. The fraction of sp³-hybridized carbons (Fsp3) is 0.625. The van der Waals surface area contributed by atoms with E-state index in [1.807, 2.05) is 19.2 Å². The lowest BCUT2D eigenvalue weighted by Gasteiger charge is -2.48. The van der Waals surface area contributed by atoms with Gasteiger partial charge in [-0.15, -0.1) is 0 Å². The highest BCUT2D eigenvalue weighted by molar-refractivity contribution is 9.10. The maximum Gasteiger partial charge on any atom is 0.137 e. The molecule has 110 valence electrons. The van der Waals surface area contributed by atoms with Gasteiger partial charge in [0.25, 0.3) is 0 Å². The molecule has 1 aliphatic heterocycles. The summed E-state index contributed by atoms with van der Waals surface area (Å²) in [6.07, 6.45) is 5.88. The van der Waals surface area contributed by atoms with Crippen LogP contribution in [0.4, 0.5) is 4.39 Å². The molecule has 2 fully saturated rings. The van der Waals surface area contributed by atoms with Crippen molar-refractivity contribution in [3.63, 3.8) is 0 Å². The molecule has 2 unspecified atom stereocenters. The van der Waals surface area contributed by atoms with Crippen LogP contribution in [0, 0.1) is 11.7 Å². The van der Waals surface area contributed by atoms with Crippen LogP contribution in [0.1, 0.15) is 43.7 Å². The Hall–Kier alpha value is -0.450. The van der Waals surface area contributed by atoms with Crippen molar-refractivity contribution >= 4 is 15.9 Å². The lowest BCUT2D eigenvalue weighted by Crippen LogP contribution is -2.47. The minimum Gasteiger partial charge on any atom is -0.375 e. The molecule has 1 aromatic rings. The van der Waals surface area contributed by atoms with Crippen molar-refractivity contribution in [2.45, 2.75) is 43.7 Å². The summed E-state index contributed by atoms with van der Waals surface area (Å²) < 4.78 is 20.0. The monoisotopic (exact) mass is 341 g/mol. The van der Waals surface area contributed by atoms with Crippen LogP contribution in [0.3, 0.4) is 0 Å². The smallest absolute Gasteiger partial charge is 0.137 e. The molecule has 1 N–H and O–H groups in total. The molecule has 4 heteroatoms. The Labute approximate surface area is 128 Å². The van der Waals surface area contributed by atoms with E-state index in [-0.39, 0.29) is 17.5 Å². The average Bonchev–Trinajstić information content (AvgIpc) is 2.42. The van der Waals surface area contributed by atoms with Crippen molar-refractivity contribution in [3.05, 3.63) is 34.1 Å². The van der Waals surface area contributed by atoms with Crippen LogP contribution in [0.25, 0.3) is 0 Å². The first kappa shape index (κ1) is 14.5. The second kappa shape index (κ2) is 5.74. The van der Waals surface area contributed by atoms with Crippen molar-refractivity contribution in [1.29, 1.82) is 0 Å². The topological polar surface area (TPSA) is 21.3 Å². The predicted molar refractivity (Wildman–Crippen MR) is 81.2 cm³/mol. The van der Waals surface area contributed by atoms with E-state index < -0.39 is 0 Å². The lowest BCUT2D eigenvalue weighted by atomic mass is 9.69. The molecule has 1 saturated heterocycles. The molecular weight excluding hydrogens is 321 g/mol. The van der Waals surface area contributed by atoms with Crippen LogP contribution in [0.15, 0.2) is 22.7 Å². The van der Waals surface area contributed by atoms with Crippen LogP contribution < -0.4 is 5.32 Å². The summed E-state index contributed by atoms with van der Waals surface area (Å²) >= 11 is 3.29. The molecule has 1 saturated carbocycles. The molecule has 1 aromatic carbocycles. The number of benzene rings is 1. The van der Waals surface area contributed by atoms with E-state index >= 15 is 0 Å². The Balaban J connectivity index is 1.79. The quantitative estimate of drug-likeness (QED) is 0.889. The van der Waals surface area contributed by atoms with Gasteiger partial charge < -0.3 is 10.1 Å². The highest BCUT2D eigenvalue weighted by Crippen LogP contribution is 2.47. The van der Waals surface area contributed by atoms with E-state index in [4.69, 9.17) is 4.74 Å². The Kier molecular flexibility index (Phi) is 4.16. The second-order valence-electron chi connectivity index (χ2n) is 6.08. The van der Waals surface area contributed by atoms with Gasteiger partial charge in [-0.3, -0.25) is 0 Å². The van der Waals surface area contributed by atoms with E-state index in [1.165, 1.54) is 19.3 Å². The summed E-state index contributed by atoms with van der Waals surface area (Å²) in [4.78, 5) is 0. The highest BCUT2D eigenvalue weighted by atomic mass is 79.9. The van der Waals surface area contributed by atoms with Gasteiger partial charge in [-0.05, 0) is 78.7 Å². The third kappa shape index (κ3) is 2.66. The number of rotatable bonds is 3. The number of hydrogen-bond acceptors (Lipinski definition) is 2. The minimum atomic E-state index is -0.203. The number of hydrogen-bond donors (Lipinski definition) is 1. The van der Waals surface area contributed by atoms with E-state index in [1.54, 1.807) is 6.07 Å². The minimum absolute atomic E-state index is 0.148. The van der Waals surface area contributed by atoms with Crippen LogP contribution in [-0.4, -0.2) is 19.3 Å². The first-order valence-electron chi connectivity index (χ1n) is 7.40. The van der Waals surface area contributed by atoms with Crippen molar-refractivity contribution in [3.8, 4) is 0 Å². The SMILES string of the molecule is CNC(c1ccc(F)c(Br)c1)C1CCOC2(CCC2)C1. The van der Waals surface area contributed by atoms with E-state index in [0.29, 0.717) is 10.4 Å². The first-order valence-corrected chi connectivity index (χ1v) is 8.19. The largest absolute Gasteiger partial charge is 0.375 e. The first-order chi connectivity index (χ1) is 9.63. The molecule has 0 bridgehead atoms. The lowest BCUT2D eigenvalue weighted by molar-refractivity contribution is -0.147. The Morgan fingerprint density at radius 3 is 2.85 bits per heavy atom. The molecule has 2 aliphatic rings. The van der Waals surface area contributed by atoms with E-state index in [9.17, 15) is 4.39 Å². The maximum absolute atomic E-state index is 13.4. The number of halogens is 2. The summed E-state index contributed by atoms with van der Waals surface area (Å²) in [5.41, 5.74) is 1.30. The fourth-order valence-electron chi connectivity index (χ4n) is 3.65. The molecule has 20 heavy (non-hydrogen) atoms. The Morgan fingerprint density at radius 2 is 2.25 bits per heavy atom. The average molecular weight is 342 g/mol. The molecular formula is C16H21BrFNO. The summed E-state index contributed by atoms with van der Waals surface area (Å²) in [6.45, 7) is 0.852. The van der Waals surface area contributed by atoms with Crippen LogP contribution in [0.5, 0.6) is 0 Å². The number of nitrogens with one attached hydrogen (secondary N) is 1. The Bertz CT molecular complexity index is 489. The molecule has 0 amide bonds. The standard InChI is InChI=1S/C16H21BrFNO/c1-19-15(11-3-4-14(18)13(17)9-11)12-5-8-20-16(10-12)6-2-7-16/h3-4,9,12,15,19H,2,5-8,10H2,1H3. The van der Waals surface area contributed by atoms with Gasteiger partial charge in [0, 0.05) is 12.6 Å². The number of ether oxygens (including phenoxy) is 1. The van der Waals surface area contributed by atoms with Gasteiger partial charge in [-0.25, -0.2) is 4.39 Å². The summed E-state index contributed by atoms with van der Waals surface area (Å²) in [5.74, 6) is 0.359. The molecule has 2 nitrogen and oxygen atoms in total. The van der Waals surface area contributed by atoms with Gasteiger partial charge in [0.2, 0.25) is 0 Å². The normalized spacial score (nSPS) is 26.2. The second-order valence-corrected chi connectivity index (χ2v) is 6.93. The third-order valence-electron chi connectivity index (χ3n) is 4.88. The molecule has 1 spiro atoms. The van der Waals surface area contributed by atoms with Crippen molar-refractivity contribution in [2.24, 2.45) is 5.92 Å². The zero-order valence-corrected chi connectivity index (χ0v) is 13.4. The van der Waals surface area contributed by atoms with Crippen LogP contribution in [0.2, 0.25) is 0 Å². The molecule has 2 atom stereocenters. The summed E-state index contributed by atoms with van der Waals surface area (Å²) in [5, 5.41) is 3.42. The van der Waals surface area contributed by atoms with Gasteiger partial charge in [0.15, 0.2) is 0 Å². The van der Waals surface area contributed by atoms with Crippen molar-refractivity contribution in [1.82, 2.24) is 5.32 Å².